The highest BCUT2D eigenvalue weighted by atomic mass is 32.2. The number of fused-ring (bicyclic) bond motifs is 2. The van der Waals surface area contributed by atoms with E-state index in [1.807, 2.05) is 23.7 Å². The van der Waals surface area contributed by atoms with E-state index in [2.05, 4.69) is 23.1 Å². The normalized spacial score (nSPS) is 13.3. The van der Waals surface area contributed by atoms with Crippen LogP contribution in [0, 0.1) is 13.8 Å². The van der Waals surface area contributed by atoms with Crippen molar-refractivity contribution in [3.05, 3.63) is 29.0 Å². The molecule has 144 valence electrons. The third-order valence-corrected chi connectivity index (χ3v) is 8.74. The van der Waals surface area contributed by atoms with Gasteiger partial charge in [-0.25, -0.2) is 19.5 Å². The predicted octanol–water partition coefficient (Wildman–Crippen LogP) is 5.07. The Morgan fingerprint density at radius 2 is 2.14 bits per heavy atom. The number of H-pyrrole nitrogens is 1. The molecule has 5 aromatic rings. The fourth-order valence-electron chi connectivity index (χ4n) is 3.38. The molecule has 0 saturated heterocycles. The Kier molecular flexibility index (Phi) is 4.42. The molecule has 0 bridgehead atoms. The van der Waals surface area contributed by atoms with E-state index in [0.717, 1.165) is 65.9 Å². The molecular weight excluding hydrogens is 410 g/mol. The van der Waals surface area contributed by atoms with Crippen molar-refractivity contribution in [2.75, 3.05) is 5.75 Å². The summed E-state index contributed by atoms with van der Waals surface area (Å²) in [7, 11) is 0. The first-order valence-electron chi connectivity index (χ1n) is 9.17. The van der Waals surface area contributed by atoms with Gasteiger partial charge in [0.05, 0.1) is 16.8 Å². The van der Waals surface area contributed by atoms with Crippen LogP contribution in [0.3, 0.4) is 0 Å². The average molecular weight is 430 g/mol. The zero-order valence-electron chi connectivity index (χ0n) is 15.8. The summed E-state index contributed by atoms with van der Waals surface area (Å²) in [5.74, 6) is 0.668. The number of imidazole rings is 1. The lowest BCUT2D eigenvalue weighted by Gasteiger charge is -2.09. The van der Waals surface area contributed by atoms with Gasteiger partial charge in [-0.2, -0.15) is 0 Å². The number of aromatic amines is 1. The summed E-state index contributed by atoms with van der Waals surface area (Å²) < 4.78 is 15.9. The number of aryl methyl sites for hydroxylation is 2. The van der Waals surface area contributed by atoms with Gasteiger partial charge >= 0.3 is 0 Å². The number of thiophene rings is 1. The lowest BCUT2D eigenvalue weighted by atomic mass is 10.2. The molecule has 1 N–H and O–H groups in total. The van der Waals surface area contributed by atoms with E-state index in [-0.39, 0.29) is 0 Å². The number of unbranched alkanes of at least 4 members (excludes halogenated alkanes) is 1. The maximum atomic E-state index is 13.0. The number of rotatable bonds is 5. The predicted molar refractivity (Wildman–Crippen MR) is 117 cm³/mol. The van der Waals surface area contributed by atoms with Crippen molar-refractivity contribution >= 4 is 60.6 Å². The molecule has 9 heteroatoms. The number of thiazole rings is 1. The molecule has 0 amide bonds. The molecule has 0 aliphatic rings. The van der Waals surface area contributed by atoms with Gasteiger partial charge < -0.3 is 4.55 Å². The Bertz CT molecular complexity index is 1300. The topological polar surface area (TPSA) is 81.9 Å². The van der Waals surface area contributed by atoms with Crippen LogP contribution in [-0.4, -0.2) is 34.9 Å². The first-order valence-corrected chi connectivity index (χ1v) is 12.2. The minimum Gasteiger partial charge on any atom is -0.611 e. The maximum Gasteiger partial charge on any atom is 0.234 e. The molecule has 0 radical (unpaired) electrons. The fraction of sp³-hybridized carbons (Fsp3) is 0.316. The summed E-state index contributed by atoms with van der Waals surface area (Å²) in [6.45, 7) is 6.17. The second-order valence-electron chi connectivity index (χ2n) is 6.79. The SMILES string of the molecule is CCCC[S+]([O-])c1sc2nc(-c3nccs3)cc3c2c1[nH]n1c(C)c(C)nc31. The summed E-state index contributed by atoms with van der Waals surface area (Å²) in [5, 5.41) is 8.35. The van der Waals surface area contributed by atoms with Crippen molar-refractivity contribution in [1.29, 1.82) is 0 Å². The molecule has 0 saturated carbocycles. The van der Waals surface area contributed by atoms with Crippen LogP contribution in [0.2, 0.25) is 0 Å². The van der Waals surface area contributed by atoms with Gasteiger partial charge in [0.15, 0.2) is 5.65 Å². The highest BCUT2D eigenvalue weighted by molar-refractivity contribution is 7.93. The summed E-state index contributed by atoms with van der Waals surface area (Å²) >= 11 is 2.03. The van der Waals surface area contributed by atoms with E-state index in [9.17, 15) is 4.55 Å². The van der Waals surface area contributed by atoms with E-state index in [1.165, 1.54) is 11.3 Å². The minimum absolute atomic E-state index is 0.668. The van der Waals surface area contributed by atoms with E-state index in [1.54, 1.807) is 17.5 Å². The van der Waals surface area contributed by atoms with Crippen molar-refractivity contribution in [3.8, 4) is 10.7 Å². The van der Waals surface area contributed by atoms with Crippen molar-refractivity contribution in [2.24, 2.45) is 0 Å². The quantitative estimate of drug-likeness (QED) is 0.395. The minimum atomic E-state index is -1.05. The number of nitrogens with zero attached hydrogens (tertiary/aromatic N) is 4. The van der Waals surface area contributed by atoms with Gasteiger partial charge in [0.1, 0.15) is 26.8 Å². The van der Waals surface area contributed by atoms with Crippen LogP contribution in [-0.2, 0) is 11.2 Å². The van der Waals surface area contributed by atoms with Crippen LogP contribution < -0.4 is 0 Å². The summed E-state index contributed by atoms with van der Waals surface area (Å²) in [5.41, 5.74) is 4.65. The van der Waals surface area contributed by atoms with Gasteiger partial charge in [-0.1, -0.05) is 24.7 Å². The van der Waals surface area contributed by atoms with Crippen molar-refractivity contribution < 1.29 is 4.55 Å². The lowest BCUT2D eigenvalue weighted by molar-refractivity contribution is 0.594. The van der Waals surface area contributed by atoms with Crippen LogP contribution in [0.4, 0.5) is 0 Å². The molecule has 6 nitrogen and oxygen atoms in total. The Morgan fingerprint density at radius 1 is 1.29 bits per heavy atom. The van der Waals surface area contributed by atoms with Gasteiger partial charge in [0.25, 0.3) is 0 Å². The highest BCUT2D eigenvalue weighted by Gasteiger charge is 2.26. The van der Waals surface area contributed by atoms with Crippen LogP contribution in [0.5, 0.6) is 0 Å². The van der Waals surface area contributed by atoms with Gasteiger partial charge in [-0.05, 0) is 37.5 Å². The molecule has 0 spiro atoms. The molecule has 0 fully saturated rings. The summed E-state index contributed by atoms with van der Waals surface area (Å²) in [6, 6.07) is 2.06. The molecule has 5 heterocycles. The van der Waals surface area contributed by atoms with Crippen LogP contribution in [0.25, 0.3) is 37.5 Å². The Balaban J connectivity index is 1.87. The van der Waals surface area contributed by atoms with Crippen molar-refractivity contribution in [3.63, 3.8) is 0 Å². The lowest BCUT2D eigenvalue weighted by Crippen LogP contribution is -2.06. The monoisotopic (exact) mass is 429 g/mol. The number of pyridine rings is 1. The second-order valence-corrected chi connectivity index (χ2v) is 10.5. The van der Waals surface area contributed by atoms with Crippen molar-refractivity contribution in [2.45, 2.75) is 37.8 Å². The molecule has 28 heavy (non-hydrogen) atoms. The fourth-order valence-corrected chi connectivity index (χ4v) is 6.83. The number of aromatic nitrogens is 5. The Morgan fingerprint density at radius 3 is 2.89 bits per heavy atom. The van der Waals surface area contributed by atoms with E-state index >= 15 is 0 Å². The zero-order chi connectivity index (χ0) is 19.4. The highest BCUT2D eigenvalue weighted by Crippen LogP contribution is 2.40. The molecular formula is C19H19N5OS3. The van der Waals surface area contributed by atoms with Gasteiger partial charge in [-0.3, -0.25) is 5.10 Å². The molecule has 5 rings (SSSR count). The smallest absolute Gasteiger partial charge is 0.234 e. The summed E-state index contributed by atoms with van der Waals surface area (Å²) in [6.07, 6.45) is 3.76. The van der Waals surface area contributed by atoms with Crippen LogP contribution >= 0.6 is 22.7 Å². The van der Waals surface area contributed by atoms with Gasteiger partial charge in [0, 0.05) is 17.0 Å². The second kappa shape index (κ2) is 6.84. The van der Waals surface area contributed by atoms with Crippen molar-refractivity contribution in [1.82, 2.24) is 24.6 Å². The molecule has 1 unspecified atom stereocenters. The molecule has 0 aliphatic carbocycles. The third kappa shape index (κ3) is 2.68. The zero-order valence-corrected chi connectivity index (χ0v) is 18.2. The Hall–Kier alpha value is -1.94. The maximum absolute atomic E-state index is 13.0. The molecule has 5 aromatic heterocycles. The Labute approximate surface area is 172 Å². The van der Waals surface area contributed by atoms with E-state index in [0.29, 0.717) is 5.75 Å². The summed E-state index contributed by atoms with van der Waals surface area (Å²) in [4.78, 5) is 15.0. The molecule has 0 aromatic carbocycles. The number of nitrogens with one attached hydrogen (secondary N) is 1. The van der Waals surface area contributed by atoms with Gasteiger partial charge in [0.2, 0.25) is 4.21 Å². The molecule has 0 aliphatic heterocycles. The first-order chi connectivity index (χ1) is 13.6. The molecule has 1 atom stereocenters. The first kappa shape index (κ1) is 18.1. The largest absolute Gasteiger partial charge is 0.611 e. The number of hydrogen-bond acceptors (Lipinski definition) is 6. The van der Waals surface area contributed by atoms with Gasteiger partial charge in [-0.15, -0.1) is 11.3 Å². The van der Waals surface area contributed by atoms with Crippen LogP contribution in [0.1, 0.15) is 31.2 Å². The average Bonchev–Trinajstić information content (AvgIpc) is 3.41. The van der Waals surface area contributed by atoms with E-state index in [4.69, 9.17) is 9.97 Å². The number of hydrogen-bond donors (Lipinski definition) is 1. The van der Waals surface area contributed by atoms with E-state index < -0.39 is 11.2 Å². The van der Waals surface area contributed by atoms with Crippen LogP contribution in [0.15, 0.2) is 21.9 Å². The standard InChI is InChI=1S/C19H19N5OS3/c1-4-5-8-28(25)19-15-14-12(16-21-10(2)11(3)24(16)23-15)9-13(22-18(14)27-19)17-20-6-7-26-17/h6-7,9,23H,4-5,8H2,1-3H3. The third-order valence-electron chi connectivity index (χ3n) is 4.98.